The number of benzene rings is 2. The summed E-state index contributed by atoms with van der Waals surface area (Å²) < 4.78 is 33.8. The van der Waals surface area contributed by atoms with Crippen molar-refractivity contribution in [3.05, 3.63) is 88.9 Å². The van der Waals surface area contributed by atoms with Gasteiger partial charge in [0.2, 0.25) is 17.7 Å². The van der Waals surface area contributed by atoms with Crippen LogP contribution in [0.25, 0.3) is 16.4 Å². The van der Waals surface area contributed by atoms with E-state index in [-0.39, 0.29) is 47.0 Å². The number of piperazine rings is 1. The monoisotopic (exact) mass is 816 g/mol. The first-order valence-corrected chi connectivity index (χ1v) is 20.2. The minimum atomic E-state index is -1.28. The number of carbonyl (C=O) groups excluding carboxylic acids is 4. The van der Waals surface area contributed by atoms with Crippen LogP contribution in [-0.2, 0) is 25.5 Å². The summed E-state index contributed by atoms with van der Waals surface area (Å²) >= 11 is 0. The summed E-state index contributed by atoms with van der Waals surface area (Å²) in [7, 11) is 0. The van der Waals surface area contributed by atoms with E-state index in [2.05, 4.69) is 26.7 Å². The van der Waals surface area contributed by atoms with Gasteiger partial charge in [0.1, 0.15) is 23.4 Å². The van der Waals surface area contributed by atoms with E-state index in [4.69, 9.17) is 5.10 Å². The molecule has 1 atom stereocenters. The lowest BCUT2D eigenvalue weighted by Gasteiger charge is -2.74. The Morgan fingerprint density at radius 3 is 2.38 bits per heavy atom. The number of piperidine rings is 1. The summed E-state index contributed by atoms with van der Waals surface area (Å²) in [5.74, 6) is -4.54. The first kappa shape index (κ1) is 38.0. The first-order chi connectivity index (χ1) is 28.6. The second-order valence-electron chi connectivity index (χ2n) is 17.7. The summed E-state index contributed by atoms with van der Waals surface area (Å²) in [5.41, 5.74) is 1.61. The Bertz CT molecular complexity index is 2670. The highest BCUT2D eigenvalue weighted by Crippen LogP contribution is 2.68. The predicted molar refractivity (Wildman–Crippen MR) is 213 cm³/mol. The van der Waals surface area contributed by atoms with Gasteiger partial charge in [0.15, 0.2) is 0 Å². The number of anilines is 2. The Labute approximate surface area is 342 Å². The smallest absolute Gasteiger partial charge is 0.274 e. The number of nitrogens with one attached hydrogen (secondary N) is 2. The SMILES string of the molecule is CC(C)(O)c1cc2nn(C34CC(N5CCN(C(=O)C6CN(c7cc(F)c([C@H]8CCC(=O)NC8=O)c(F)c7)C6)CC5)(C3)C4)cc2cc1NC(=O)c1ccc2cc(C#N)cnn12. The normalized spacial score (nSPS) is 24.4. The van der Waals surface area contributed by atoms with Gasteiger partial charge in [-0.2, -0.15) is 15.5 Å². The van der Waals surface area contributed by atoms with E-state index in [9.17, 15) is 29.5 Å². The Kier molecular flexibility index (Phi) is 8.47. The van der Waals surface area contributed by atoms with Crippen molar-refractivity contribution in [2.75, 3.05) is 49.5 Å². The second-order valence-corrected chi connectivity index (χ2v) is 17.7. The van der Waals surface area contributed by atoms with Gasteiger partial charge < -0.3 is 20.2 Å². The van der Waals surface area contributed by atoms with Gasteiger partial charge in [0.05, 0.1) is 45.8 Å². The van der Waals surface area contributed by atoms with Gasteiger partial charge in [0, 0.05) is 85.3 Å². The van der Waals surface area contributed by atoms with Crippen molar-refractivity contribution in [1.82, 2.24) is 34.5 Å². The van der Waals surface area contributed by atoms with E-state index < -0.39 is 40.9 Å². The molecule has 3 aromatic heterocycles. The zero-order chi connectivity index (χ0) is 41.9. The average Bonchev–Trinajstić information content (AvgIpc) is 3.77. The molecule has 17 heteroatoms. The molecule has 0 unspecified atom stereocenters. The third-order valence-electron chi connectivity index (χ3n) is 13.4. The van der Waals surface area contributed by atoms with Crippen LogP contribution in [0.5, 0.6) is 0 Å². The lowest BCUT2D eigenvalue weighted by Crippen LogP contribution is -2.80. The quantitative estimate of drug-likeness (QED) is 0.195. The number of amides is 4. The van der Waals surface area contributed by atoms with Crippen LogP contribution in [0.15, 0.2) is 54.9 Å². The lowest BCUT2D eigenvalue weighted by atomic mass is 9.43. The molecule has 3 saturated heterocycles. The standard InChI is InChI=1S/C43H42F2N10O5/c1-41(2,60)30-15-33-25(12-34(30)48-39(58)35-5-3-27-11-24(16-46)17-47-55(27)35)20-54(50-33)43-21-42(22-43,23-43)53-9-7-51(8-10-53)40(59)26-18-52(19-26)28-13-31(44)37(32(45)14-28)29-4-6-36(56)49-38(29)57/h3,5,11-15,17,20,26,29,60H,4,6-10,18-19,21-23H2,1-2H3,(H,48,58)(H,49,56,57)/t29-,42?,43?/m1/s1. The number of fused-ring (bicyclic) bond motifs is 2. The molecule has 2 aromatic carbocycles. The molecule has 3 aliphatic heterocycles. The molecule has 6 fully saturated rings. The molecule has 3 N–H and O–H groups in total. The van der Waals surface area contributed by atoms with Crippen LogP contribution in [0.3, 0.4) is 0 Å². The number of hydrogen-bond acceptors (Lipinski definition) is 10. The van der Waals surface area contributed by atoms with E-state index in [1.807, 2.05) is 27.9 Å². The van der Waals surface area contributed by atoms with Crippen LogP contribution in [0, 0.1) is 28.9 Å². The van der Waals surface area contributed by atoms with Gasteiger partial charge in [-0.1, -0.05) is 0 Å². The minimum absolute atomic E-state index is 0.0190. The van der Waals surface area contributed by atoms with Crippen LogP contribution >= 0.6 is 0 Å². The summed E-state index contributed by atoms with van der Waals surface area (Å²) in [5, 5.41) is 35.5. The van der Waals surface area contributed by atoms with E-state index >= 15 is 8.78 Å². The van der Waals surface area contributed by atoms with Gasteiger partial charge in [-0.05, 0) is 82.0 Å². The van der Waals surface area contributed by atoms with Gasteiger partial charge in [0.25, 0.3) is 5.91 Å². The number of rotatable bonds is 8. The van der Waals surface area contributed by atoms with E-state index in [1.165, 1.54) is 22.8 Å². The number of halogens is 2. The molecular formula is C43H42F2N10O5. The minimum Gasteiger partial charge on any atom is -0.386 e. The molecular weight excluding hydrogens is 775 g/mol. The maximum atomic E-state index is 15.1. The molecule has 308 valence electrons. The second kappa shape index (κ2) is 13.4. The number of hydrogen-bond donors (Lipinski definition) is 3. The summed E-state index contributed by atoms with van der Waals surface area (Å²) in [4.78, 5) is 56.9. The Balaban J connectivity index is 0.754. The third-order valence-corrected chi connectivity index (χ3v) is 13.4. The van der Waals surface area contributed by atoms with Crippen molar-refractivity contribution in [2.45, 2.75) is 68.5 Å². The maximum Gasteiger partial charge on any atom is 0.274 e. The van der Waals surface area contributed by atoms with Crippen molar-refractivity contribution in [2.24, 2.45) is 5.92 Å². The number of aromatic nitrogens is 4. The van der Waals surface area contributed by atoms with Crippen LogP contribution < -0.4 is 15.5 Å². The van der Waals surface area contributed by atoms with Crippen molar-refractivity contribution in [3.8, 4) is 6.07 Å². The van der Waals surface area contributed by atoms with Crippen molar-refractivity contribution >= 4 is 51.4 Å². The maximum absolute atomic E-state index is 15.1. The number of aliphatic hydroxyl groups is 1. The zero-order valence-corrected chi connectivity index (χ0v) is 33.0. The largest absolute Gasteiger partial charge is 0.386 e. The Morgan fingerprint density at radius 2 is 1.72 bits per heavy atom. The van der Waals surface area contributed by atoms with Gasteiger partial charge in [-0.3, -0.25) is 34.1 Å². The molecule has 6 aliphatic rings. The molecule has 2 bridgehead atoms. The Hall–Kier alpha value is -6.25. The highest BCUT2D eigenvalue weighted by Gasteiger charge is 2.71. The molecule has 5 aromatic rings. The molecule has 11 rings (SSSR count). The summed E-state index contributed by atoms with van der Waals surface area (Å²) in [6.45, 7) is 6.72. The fourth-order valence-corrected chi connectivity index (χ4v) is 10.2. The van der Waals surface area contributed by atoms with Crippen LogP contribution in [0.1, 0.15) is 79.0 Å². The number of imide groups is 1. The van der Waals surface area contributed by atoms with Crippen LogP contribution in [0.2, 0.25) is 0 Å². The molecule has 6 heterocycles. The van der Waals surface area contributed by atoms with Gasteiger partial charge in [-0.25, -0.2) is 13.3 Å². The summed E-state index contributed by atoms with van der Waals surface area (Å²) in [6.07, 6.45) is 6.27. The molecule has 15 nitrogen and oxygen atoms in total. The highest BCUT2D eigenvalue weighted by atomic mass is 19.1. The van der Waals surface area contributed by atoms with E-state index in [0.717, 1.165) is 37.7 Å². The first-order valence-electron chi connectivity index (χ1n) is 20.2. The molecule has 3 aliphatic carbocycles. The Morgan fingerprint density at radius 1 is 1.00 bits per heavy atom. The van der Waals surface area contributed by atoms with Crippen LogP contribution in [-0.4, -0.2) is 103 Å². The lowest BCUT2D eigenvalue weighted by molar-refractivity contribution is -0.218. The highest BCUT2D eigenvalue weighted by molar-refractivity contribution is 6.05. The molecule has 0 radical (unpaired) electrons. The fraction of sp³-hybridized carbons (Fsp3) is 0.419. The molecule has 60 heavy (non-hydrogen) atoms. The fourth-order valence-electron chi connectivity index (χ4n) is 10.2. The van der Waals surface area contributed by atoms with Crippen molar-refractivity contribution < 1.29 is 33.1 Å². The van der Waals surface area contributed by atoms with Gasteiger partial charge in [-0.15, -0.1) is 0 Å². The van der Waals surface area contributed by atoms with E-state index in [0.29, 0.717) is 59.7 Å². The van der Waals surface area contributed by atoms with Crippen molar-refractivity contribution in [1.29, 1.82) is 5.26 Å². The zero-order valence-electron chi connectivity index (χ0n) is 33.0. The summed E-state index contributed by atoms with van der Waals surface area (Å²) in [6, 6.07) is 13.1. The molecule has 4 amide bonds. The topological polar surface area (TPSA) is 181 Å². The molecule has 3 saturated carbocycles. The average molecular weight is 817 g/mol. The van der Waals surface area contributed by atoms with Crippen molar-refractivity contribution in [3.63, 3.8) is 0 Å². The number of carbonyl (C=O) groups is 4. The number of nitriles is 1. The third kappa shape index (κ3) is 6.02. The predicted octanol–water partition coefficient (Wildman–Crippen LogP) is 3.75. The van der Waals surface area contributed by atoms with E-state index in [1.54, 1.807) is 36.9 Å². The van der Waals surface area contributed by atoms with Crippen LogP contribution in [0.4, 0.5) is 20.2 Å². The number of nitrogens with zero attached hydrogens (tertiary/aromatic N) is 8. The molecule has 0 spiro atoms. The van der Waals surface area contributed by atoms with Gasteiger partial charge >= 0.3 is 0 Å².